The second-order valence-electron chi connectivity index (χ2n) is 5.10. The van der Waals surface area contributed by atoms with Gasteiger partial charge in [-0.3, -0.25) is 4.79 Å². The third-order valence-electron chi connectivity index (χ3n) is 3.42. The number of furan rings is 1. The van der Waals surface area contributed by atoms with Crippen molar-refractivity contribution in [1.82, 2.24) is 4.90 Å². The summed E-state index contributed by atoms with van der Waals surface area (Å²) in [5.74, 6) is -2.58. The SMILES string of the molecule is O=C(O)c1coc(C(=O)N(CC2CCC2)CC(F)(F)F)c1. The van der Waals surface area contributed by atoms with E-state index in [0.29, 0.717) is 4.90 Å². The molecule has 1 N–H and O–H groups in total. The number of hydrogen-bond donors (Lipinski definition) is 1. The molecule has 21 heavy (non-hydrogen) atoms. The Morgan fingerprint density at radius 3 is 2.48 bits per heavy atom. The van der Waals surface area contributed by atoms with Gasteiger partial charge in [0, 0.05) is 12.6 Å². The fourth-order valence-corrected chi connectivity index (χ4v) is 2.14. The summed E-state index contributed by atoms with van der Waals surface area (Å²) in [6, 6.07) is 0.939. The molecule has 116 valence electrons. The molecule has 1 fully saturated rings. The van der Waals surface area contributed by atoms with Gasteiger partial charge in [-0.15, -0.1) is 0 Å². The Labute approximate surface area is 118 Å². The molecule has 1 saturated carbocycles. The van der Waals surface area contributed by atoms with Gasteiger partial charge in [-0.05, 0) is 18.8 Å². The van der Waals surface area contributed by atoms with Gasteiger partial charge in [0.05, 0.1) is 5.56 Å². The maximum atomic E-state index is 12.6. The Balaban J connectivity index is 2.13. The molecule has 0 aliphatic heterocycles. The van der Waals surface area contributed by atoms with Crippen molar-refractivity contribution >= 4 is 11.9 Å². The van der Waals surface area contributed by atoms with Gasteiger partial charge < -0.3 is 14.4 Å². The van der Waals surface area contributed by atoms with Crippen LogP contribution >= 0.6 is 0 Å². The summed E-state index contributed by atoms with van der Waals surface area (Å²) in [6.07, 6.45) is -1.14. The predicted molar refractivity (Wildman–Crippen MR) is 65.0 cm³/mol. The molecule has 1 aliphatic carbocycles. The molecule has 0 saturated heterocycles. The minimum atomic E-state index is -4.51. The van der Waals surface area contributed by atoms with Crippen molar-refractivity contribution in [2.24, 2.45) is 5.92 Å². The van der Waals surface area contributed by atoms with E-state index >= 15 is 0 Å². The van der Waals surface area contributed by atoms with Crippen molar-refractivity contribution in [3.63, 3.8) is 0 Å². The predicted octanol–water partition coefficient (Wildman–Crippen LogP) is 2.78. The van der Waals surface area contributed by atoms with Gasteiger partial charge in [0.25, 0.3) is 5.91 Å². The second-order valence-corrected chi connectivity index (χ2v) is 5.10. The molecule has 1 aromatic rings. The molecule has 0 aromatic carbocycles. The first-order valence-corrected chi connectivity index (χ1v) is 6.44. The van der Waals surface area contributed by atoms with Crippen molar-refractivity contribution < 1.29 is 32.3 Å². The van der Waals surface area contributed by atoms with Crippen LogP contribution in [0.25, 0.3) is 0 Å². The highest BCUT2D eigenvalue weighted by atomic mass is 19.4. The first kappa shape index (κ1) is 15.4. The van der Waals surface area contributed by atoms with Gasteiger partial charge in [0.2, 0.25) is 0 Å². The lowest BCUT2D eigenvalue weighted by Crippen LogP contribution is -2.42. The lowest BCUT2D eigenvalue weighted by molar-refractivity contribution is -0.142. The van der Waals surface area contributed by atoms with Crippen LogP contribution in [-0.4, -0.2) is 41.1 Å². The summed E-state index contributed by atoms with van der Waals surface area (Å²) < 4.78 is 42.5. The number of nitrogens with zero attached hydrogens (tertiary/aromatic N) is 1. The summed E-state index contributed by atoms with van der Waals surface area (Å²) in [4.78, 5) is 23.5. The van der Waals surface area contributed by atoms with Gasteiger partial charge >= 0.3 is 12.1 Å². The molecule has 0 radical (unpaired) electrons. The maximum Gasteiger partial charge on any atom is 0.406 e. The number of carbonyl (C=O) groups is 2. The minimum Gasteiger partial charge on any atom is -0.478 e. The average molecular weight is 305 g/mol. The van der Waals surface area contributed by atoms with Gasteiger partial charge in [-0.2, -0.15) is 13.2 Å². The quantitative estimate of drug-likeness (QED) is 0.908. The molecule has 1 aliphatic rings. The molecular formula is C13H14F3NO4. The lowest BCUT2D eigenvalue weighted by Gasteiger charge is -2.32. The Kier molecular flexibility index (Phi) is 4.24. The normalized spacial score (nSPS) is 15.6. The van der Waals surface area contributed by atoms with Crippen molar-refractivity contribution in [3.05, 3.63) is 23.7 Å². The molecule has 1 amide bonds. The largest absolute Gasteiger partial charge is 0.478 e. The molecule has 0 atom stereocenters. The Bertz CT molecular complexity index is 534. The van der Waals surface area contributed by atoms with Crippen LogP contribution in [-0.2, 0) is 0 Å². The van der Waals surface area contributed by atoms with Gasteiger partial charge in [-0.1, -0.05) is 6.42 Å². The van der Waals surface area contributed by atoms with Crippen LogP contribution in [0.1, 0.15) is 40.2 Å². The molecule has 5 nitrogen and oxygen atoms in total. The van der Waals surface area contributed by atoms with E-state index in [-0.39, 0.29) is 18.0 Å². The van der Waals surface area contributed by atoms with E-state index in [0.717, 1.165) is 31.6 Å². The summed E-state index contributed by atoms with van der Waals surface area (Å²) in [5, 5.41) is 8.73. The number of amides is 1. The minimum absolute atomic E-state index is 0.00144. The van der Waals surface area contributed by atoms with Crippen LogP contribution in [0.2, 0.25) is 0 Å². The van der Waals surface area contributed by atoms with Gasteiger partial charge in [0.1, 0.15) is 12.8 Å². The number of carboxylic acids is 1. The molecule has 0 unspecified atom stereocenters. The molecular weight excluding hydrogens is 291 g/mol. The smallest absolute Gasteiger partial charge is 0.406 e. The topological polar surface area (TPSA) is 70.7 Å². The van der Waals surface area contributed by atoms with Crippen LogP contribution in [0.3, 0.4) is 0 Å². The third-order valence-corrected chi connectivity index (χ3v) is 3.42. The lowest BCUT2D eigenvalue weighted by atomic mass is 9.85. The van der Waals surface area contributed by atoms with Crippen LogP contribution in [0, 0.1) is 5.92 Å². The van der Waals surface area contributed by atoms with Gasteiger partial charge in [0.15, 0.2) is 5.76 Å². The molecule has 0 bridgehead atoms. The monoisotopic (exact) mass is 305 g/mol. The van der Waals surface area contributed by atoms with E-state index in [9.17, 15) is 22.8 Å². The number of hydrogen-bond acceptors (Lipinski definition) is 3. The average Bonchev–Trinajstić information content (AvgIpc) is 2.79. The zero-order valence-electron chi connectivity index (χ0n) is 11.0. The number of carbonyl (C=O) groups excluding carboxylic acids is 1. The maximum absolute atomic E-state index is 12.6. The van der Waals surface area contributed by atoms with E-state index in [2.05, 4.69) is 0 Å². The second kappa shape index (κ2) is 5.79. The molecule has 8 heteroatoms. The van der Waals surface area contributed by atoms with Crippen LogP contribution < -0.4 is 0 Å². The zero-order chi connectivity index (χ0) is 15.6. The summed E-state index contributed by atoms with van der Waals surface area (Å²) in [6.45, 7) is -1.37. The van der Waals surface area contributed by atoms with E-state index in [4.69, 9.17) is 9.52 Å². The van der Waals surface area contributed by atoms with Crippen LogP contribution in [0.15, 0.2) is 16.7 Å². The van der Waals surface area contributed by atoms with E-state index in [1.807, 2.05) is 0 Å². The Morgan fingerprint density at radius 1 is 1.38 bits per heavy atom. The number of aromatic carboxylic acids is 1. The molecule has 2 rings (SSSR count). The number of rotatable bonds is 5. The Hall–Kier alpha value is -1.99. The first-order valence-electron chi connectivity index (χ1n) is 6.44. The standard InChI is InChI=1S/C13H14F3NO4/c14-13(15,16)7-17(5-8-2-1-3-8)11(18)10-4-9(6-21-10)12(19)20/h4,6,8H,1-3,5,7H2,(H,19,20). The number of carboxylic acid groups (broad SMARTS) is 1. The summed E-state index contributed by atoms with van der Waals surface area (Å²) in [5.41, 5.74) is -0.269. The summed E-state index contributed by atoms with van der Waals surface area (Å²) in [7, 11) is 0. The zero-order valence-corrected chi connectivity index (χ0v) is 11.0. The highest BCUT2D eigenvalue weighted by Gasteiger charge is 2.36. The first-order chi connectivity index (χ1) is 9.76. The number of halogens is 3. The van der Waals surface area contributed by atoms with Crippen molar-refractivity contribution in [2.75, 3.05) is 13.1 Å². The van der Waals surface area contributed by atoms with Crippen LogP contribution in [0.5, 0.6) is 0 Å². The molecule has 0 spiro atoms. The fraction of sp³-hybridized carbons (Fsp3) is 0.538. The molecule has 1 aromatic heterocycles. The highest BCUT2D eigenvalue weighted by Crippen LogP contribution is 2.29. The fourth-order valence-electron chi connectivity index (χ4n) is 2.14. The van der Waals surface area contributed by atoms with Crippen molar-refractivity contribution in [3.8, 4) is 0 Å². The molecule has 1 heterocycles. The van der Waals surface area contributed by atoms with Crippen molar-refractivity contribution in [2.45, 2.75) is 25.4 Å². The van der Waals surface area contributed by atoms with Crippen LogP contribution in [0.4, 0.5) is 13.2 Å². The highest BCUT2D eigenvalue weighted by molar-refractivity contribution is 5.95. The Morgan fingerprint density at radius 2 is 2.05 bits per heavy atom. The van der Waals surface area contributed by atoms with E-state index in [1.54, 1.807) is 0 Å². The van der Waals surface area contributed by atoms with E-state index < -0.39 is 30.4 Å². The number of alkyl halides is 3. The van der Waals surface area contributed by atoms with Gasteiger partial charge in [-0.25, -0.2) is 4.79 Å². The van der Waals surface area contributed by atoms with Crippen molar-refractivity contribution in [1.29, 1.82) is 0 Å². The van der Waals surface area contributed by atoms with E-state index in [1.165, 1.54) is 0 Å². The third kappa shape index (κ3) is 3.99. The summed E-state index contributed by atoms with van der Waals surface area (Å²) >= 11 is 0.